The number of phenols is 1. The lowest BCUT2D eigenvalue weighted by Gasteiger charge is -2.52. The van der Waals surface area contributed by atoms with E-state index < -0.39 is 0 Å². The third-order valence-electron chi connectivity index (χ3n) is 7.14. The zero-order valence-corrected chi connectivity index (χ0v) is 17.9. The Balaban J connectivity index is 1.49. The van der Waals surface area contributed by atoms with Crippen LogP contribution >= 0.6 is 0 Å². The lowest BCUT2D eigenvalue weighted by Crippen LogP contribution is -2.56. The van der Waals surface area contributed by atoms with E-state index in [-0.39, 0.29) is 23.6 Å². The fraction of sp³-hybridized carbons (Fsp3) is 0.423. The zero-order chi connectivity index (χ0) is 21.7. The molecule has 0 radical (unpaired) electrons. The molecule has 3 heterocycles. The van der Waals surface area contributed by atoms with Crippen molar-refractivity contribution in [3.63, 3.8) is 0 Å². The first kappa shape index (κ1) is 19.9. The van der Waals surface area contributed by atoms with Crippen molar-refractivity contribution >= 4 is 10.8 Å². The number of phenolic OH excluding ortho intramolecular Hbond substituents is 1. The zero-order valence-electron chi connectivity index (χ0n) is 17.9. The molecule has 1 aliphatic carbocycles. The molecule has 6 heteroatoms. The van der Waals surface area contributed by atoms with Crippen LogP contribution in [-0.4, -0.2) is 42.6 Å². The summed E-state index contributed by atoms with van der Waals surface area (Å²) in [6.45, 7) is 3.03. The lowest BCUT2D eigenvalue weighted by atomic mass is 9.65. The Kier molecular flexibility index (Phi) is 4.81. The fourth-order valence-electron chi connectivity index (χ4n) is 5.34. The molecule has 5 nitrogen and oxygen atoms in total. The highest BCUT2D eigenvalue weighted by molar-refractivity contribution is 6.01. The van der Waals surface area contributed by atoms with E-state index in [1.54, 1.807) is 24.3 Å². The summed E-state index contributed by atoms with van der Waals surface area (Å²) in [7, 11) is 0. The summed E-state index contributed by atoms with van der Waals surface area (Å²) in [5, 5.41) is 12.0. The van der Waals surface area contributed by atoms with Crippen LogP contribution in [-0.2, 0) is 9.47 Å². The van der Waals surface area contributed by atoms with E-state index in [0.717, 1.165) is 66.5 Å². The molecule has 1 saturated carbocycles. The molecule has 6 rings (SSSR count). The van der Waals surface area contributed by atoms with Crippen LogP contribution in [0, 0.1) is 11.2 Å². The molecule has 1 spiro atoms. The number of pyridine rings is 1. The number of hydrogen-bond donors (Lipinski definition) is 1. The van der Waals surface area contributed by atoms with Gasteiger partial charge in [-0.1, -0.05) is 12.1 Å². The Morgan fingerprint density at radius 3 is 2.41 bits per heavy atom. The van der Waals surface area contributed by atoms with Gasteiger partial charge in [-0.3, -0.25) is 0 Å². The monoisotopic (exact) mass is 435 g/mol. The fourth-order valence-corrected chi connectivity index (χ4v) is 5.34. The number of benzene rings is 2. The van der Waals surface area contributed by atoms with Crippen molar-refractivity contribution in [1.82, 2.24) is 4.98 Å². The minimum absolute atomic E-state index is 0.108. The first-order valence-electron chi connectivity index (χ1n) is 11.3. The summed E-state index contributed by atoms with van der Waals surface area (Å²) in [5.41, 5.74) is 3.16. The van der Waals surface area contributed by atoms with E-state index in [2.05, 4.69) is 0 Å². The summed E-state index contributed by atoms with van der Waals surface area (Å²) in [6.07, 6.45) is 3.82. The first-order chi connectivity index (χ1) is 15.6. The van der Waals surface area contributed by atoms with Crippen molar-refractivity contribution in [3.05, 3.63) is 54.0 Å². The van der Waals surface area contributed by atoms with Crippen molar-refractivity contribution in [2.75, 3.05) is 26.4 Å². The number of ether oxygens (including phenoxy) is 3. The Labute approximate surface area is 186 Å². The van der Waals surface area contributed by atoms with Gasteiger partial charge in [-0.15, -0.1) is 0 Å². The van der Waals surface area contributed by atoms with Gasteiger partial charge < -0.3 is 19.3 Å². The highest BCUT2D eigenvalue weighted by Gasteiger charge is 2.51. The van der Waals surface area contributed by atoms with Crippen molar-refractivity contribution in [1.29, 1.82) is 0 Å². The van der Waals surface area contributed by atoms with Gasteiger partial charge in [-0.2, -0.15) is 0 Å². The van der Waals surface area contributed by atoms with E-state index in [0.29, 0.717) is 24.5 Å². The Morgan fingerprint density at radius 1 is 0.969 bits per heavy atom. The minimum Gasteiger partial charge on any atom is -0.508 e. The number of halogens is 1. The van der Waals surface area contributed by atoms with Crippen LogP contribution < -0.4 is 4.74 Å². The van der Waals surface area contributed by atoms with Gasteiger partial charge in [0.15, 0.2) is 0 Å². The second-order valence-corrected chi connectivity index (χ2v) is 9.44. The average molecular weight is 435 g/mol. The van der Waals surface area contributed by atoms with Crippen LogP contribution in [0.1, 0.15) is 37.3 Å². The Morgan fingerprint density at radius 2 is 1.72 bits per heavy atom. The van der Waals surface area contributed by atoms with Gasteiger partial charge >= 0.3 is 0 Å². The highest BCUT2D eigenvalue weighted by Crippen LogP contribution is 2.49. The number of aromatic nitrogens is 1. The van der Waals surface area contributed by atoms with Crippen molar-refractivity contribution in [2.24, 2.45) is 5.41 Å². The number of hydrogen-bond acceptors (Lipinski definition) is 5. The van der Waals surface area contributed by atoms with Gasteiger partial charge in [-0.05, 0) is 67.0 Å². The normalized spacial score (nSPS) is 20.8. The molecular weight excluding hydrogens is 409 g/mol. The molecule has 2 aromatic carbocycles. The number of nitrogens with zero attached hydrogens (tertiary/aromatic N) is 1. The van der Waals surface area contributed by atoms with Gasteiger partial charge in [0.1, 0.15) is 17.7 Å². The molecule has 3 fully saturated rings. The molecular formula is C26H26FNO4. The summed E-state index contributed by atoms with van der Waals surface area (Å²) in [6, 6.07) is 11.9. The number of aromatic hydroxyl groups is 1. The quantitative estimate of drug-likeness (QED) is 0.611. The predicted octanol–water partition coefficient (Wildman–Crippen LogP) is 5.20. The summed E-state index contributed by atoms with van der Waals surface area (Å²) < 4.78 is 31.1. The highest BCUT2D eigenvalue weighted by atomic mass is 19.1. The van der Waals surface area contributed by atoms with E-state index in [1.165, 1.54) is 12.1 Å². The maximum absolute atomic E-state index is 13.7. The molecule has 0 atom stereocenters. The molecule has 2 aliphatic heterocycles. The van der Waals surface area contributed by atoms with E-state index >= 15 is 0 Å². The van der Waals surface area contributed by atoms with Gasteiger partial charge in [0.05, 0.1) is 18.9 Å². The van der Waals surface area contributed by atoms with E-state index in [1.807, 2.05) is 6.07 Å². The molecule has 1 N–H and O–H groups in total. The topological polar surface area (TPSA) is 60.8 Å². The maximum atomic E-state index is 13.7. The van der Waals surface area contributed by atoms with Gasteiger partial charge in [0.25, 0.3) is 0 Å². The predicted molar refractivity (Wildman–Crippen MR) is 118 cm³/mol. The molecule has 1 aromatic heterocycles. The first-order valence-corrected chi connectivity index (χ1v) is 11.3. The lowest BCUT2D eigenvalue weighted by molar-refractivity contribution is -0.191. The maximum Gasteiger partial charge on any atom is 0.222 e. The SMILES string of the molecule is Oc1ccc2c(-c3ccc(F)cc3)c(C3CCOCC3)nc(OC3CC4(COC4)C3)c2c1. The molecule has 0 bridgehead atoms. The van der Waals surface area contributed by atoms with Crippen molar-refractivity contribution in [3.8, 4) is 22.8 Å². The van der Waals surface area contributed by atoms with Crippen LogP contribution in [0.5, 0.6) is 11.6 Å². The Hall–Kier alpha value is -2.70. The standard InChI is InChI=1S/C26H26FNO4/c27-18-3-1-16(2-4-18)23-21-6-5-19(29)11-22(21)25(28-24(23)17-7-9-30-10-8-17)32-20-12-26(13-20)14-31-15-26/h1-6,11,17,20,29H,7-10,12-15H2. The molecule has 0 unspecified atom stereocenters. The third-order valence-corrected chi connectivity index (χ3v) is 7.14. The largest absolute Gasteiger partial charge is 0.508 e. The van der Waals surface area contributed by atoms with Gasteiger partial charge in [-0.25, -0.2) is 9.37 Å². The smallest absolute Gasteiger partial charge is 0.222 e. The average Bonchev–Trinajstić information content (AvgIpc) is 2.75. The third kappa shape index (κ3) is 3.42. The van der Waals surface area contributed by atoms with E-state index in [9.17, 15) is 9.50 Å². The minimum atomic E-state index is -0.268. The molecule has 2 saturated heterocycles. The summed E-state index contributed by atoms with van der Waals surface area (Å²) in [5.74, 6) is 0.709. The molecule has 32 heavy (non-hydrogen) atoms. The van der Waals surface area contributed by atoms with Crippen LogP contribution in [0.3, 0.4) is 0 Å². The van der Waals surface area contributed by atoms with Gasteiger partial charge in [0, 0.05) is 35.5 Å². The second-order valence-electron chi connectivity index (χ2n) is 9.44. The van der Waals surface area contributed by atoms with E-state index in [4.69, 9.17) is 19.2 Å². The number of fused-ring (bicyclic) bond motifs is 1. The van der Waals surface area contributed by atoms with Crippen molar-refractivity contribution < 1.29 is 23.7 Å². The number of rotatable bonds is 4. The van der Waals surface area contributed by atoms with Crippen LogP contribution in [0.25, 0.3) is 21.9 Å². The molecule has 3 aliphatic rings. The van der Waals surface area contributed by atoms with Crippen molar-refractivity contribution in [2.45, 2.75) is 37.7 Å². The second kappa shape index (κ2) is 7.71. The van der Waals surface area contributed by atoms with Gasteiger partial charge in [0.2, 0.25) is 5.88 Å². The summed E-state index contributed by atoms with van der Waals surface area (Å²) >= 11 is 0. The molecule has 3 aromatic rings. The Bertz CT molecular complexity index is 1140. The van der Waals surface area contributed by atoms with Crippen LogP contribution in [0.2, 0.25) is 0 Å². The van der Waals surface area contributed by atoms with Crippen LogP contribution in [0.15, 0.2) is 42.5 Å². The van der Waals surface area contributed by atoms with Crippen LogP contribution in [0.4, 0.5) is 4.39 Å². The molecule has 166 valence electrons. The summed E-state index contributed by atoms with van der Waals surface area (Å²) in [4.78, 5) is 5.06. The molecule has 0 amide bonds.